The lowest BCUT2D eigenvalue weighted by atomic mass is 10.3. The van der Waals surface area contributed by atoms with Crippen molar-refractivity contribution in [1.82, 2.24) is 9.80 Å². The largest absolute Gasteiger partial charge is 0.388 e. The number of aliphatic hydroxyl groups is 2. The molecule has 2 atom stereocenters. The van der Waals surface area contributed by atoms with Crippen molar-refractivity contribution in [2.24, 2.45) is 0 Å². The maximum absolute atomic E-state index is 12.0. The van der Waals surface area contributed by atoms with Crippen LogP contribution >= 0.6 is 11.3 Å². The standard InChI is InChI=1S/C12H16N2O4S/c1-13(12(18)10-3-2-4-19-10)7-11(17)14-5-8(15)9(16)6-14/h2-4,8-9,15-16H,5-7H2,1H3/t8-,9+. The van der Waals surface area contributed by atoms with E-state index in [0.717, 1.165) is 0 Å². The minimum absolute atomic E-state index is 0.0594. The van der Waals surface area contributed by atoms with Gasteiger partial charge in [0, 0.05) is 20.1 Å². The Labute approximate surface area is 114 Å². The van der Waals surface area contributed by atoms with E-state index in [1.807, 2.05) is 0 Å². The summed E-state index contributed by atoms with van der Waals surface area (Å²) in [5.74, 6) is -0.480. The van der Waals surface area contributed by atoms with E-state index in [2.05, 4.69) is 0 Å². The zero-order valence-corrected chi connectivity index (χ0v) is 11.3. The Kier molecular flexibility index (Phi) is 4.18. The van der Waals surface area contributed by atoms with Crippen LogP contribution in [0.4, 0.5) is 0 Å². The molecule has 19 heavy (non-hydrogen) atoms. The summed E-state index contributed by atoms with van der Waals surface area (Å²) in [5.41, 5.74) is 0. The molecule has 6 nitrogen and oxygen atoms in total. The zero-order chi connectivity index (χ0) is 14.0. The van der Waals surface area contributed by atoms with E-state index in [-0.39, 0.29) is 31.4 Å². The first-order valence-electron chi connectivity index (χ1n) is 5.92. The number of carbonyl (C=O) groups is 2. The Morgan fingerprint density at radius 2 is 2.05 bits per heavy atom. The van der Waals surface area contributed by atoms with E-state index >= 15 is 0 Å². The second kappa shape index (κ2) is 5.68. The number of hydrogen-bond donors (Lipinski definition) is 2. The maximum atomic E-state index is 12.0. The summed E-state index contributed by atoms with van der Waals surface area (Å²) >= 11 is 1.32. The van der Waals surface area contributed by atoms with Gasteiger partial charge >= 0.3 is 0 Å². The molecule has 1 aromatic rings. The van der Waals surface area contributed by atoms with E-state index in [4.69, 9.17) is 0 Å². The van der Waals surface area contributed by atoms with E-state index in [1.165, 1.54) is 21.1 Å². The molecule has 1 aliphatic rings. The van der Waals surface area contributed by atoms with Gasteiger partial charge in [-0.1, -0.05) is 6.07 Å². The molecule has 1 aliphatic heterocycles. The molecule has 2 N–H and O–H groups in total. The zero-order valence-electron chi connectivity index (χ0n) is 10.5. The maximum Gasteiger partial charge on any atom is 0.264 e. The van der Waals surface area contributed by atoms with Crippen LogP contribution in [-0.2, 0) is 4.79 Å². The predicted molar refractivity (Wildman–Crippen MR) is 69.9 cm³/mol. The molecule has 1 fully saturated rings. The van der Waals surface area contributed by atoms with Crippen LogP contribution in [0.3, 0.4) is 0 Å². The van der Waals surface area contributed by atoms with Crippen molar-refractivity contribution >= 4 is 23.2 Å². The van der Waals surface area contributed by atoms with Gasteiger partial charge in [0.2, 0.25) is 5.91 Å². The van der Waals surface area contributed by atoms with Crippen molar-refractivity contribution in [3.05, 3.63) is 22.4 Å². The first-order chi connectivity index (χ1) is 8.99. The van der Waals surface area contributed by atoms with Crippen LogP contribution in [0.5, 0.6) is 0 Å². The van der Waals surface area contributed by atoms with Crippen molar-refractivity contribution in [2.75, 3.05) is 26.7 Å². The number of thiophene rings is 1. The van der Waals surface area contributed by atoms with Crippen LogP contribution < -0.4 is 0 Å². The molecule has 2 rings (SSSR count). The molecule has 2 amide bonds. The Morgan fingerprint density at radius 1 is 1.42 bits per heavy atom. The second-order valence-electron chi connectivity index (χ2n) is 4.57. The topological polar surface area (TPSA) is 81.1 Å². The van der Waals surface area contributed by atoms with Gasteiger partial charge in [0.25, 0.3) is 5.91 Å². The van der Waals surface area contributed by atoms with Crippen molar-refractivity contribution in [3.63, 3.8) is 0 Å². The van der Waals surface area contributed by atoms with Crippen LogP contribution in [0.15, 0.2) is 17.5 Å². The highest BCUT2D eigenvalue weighted by Crippen LogP contribution is 2.13. The van der Waals surface area contributed by atoms with Gasteiger partial charge < -0.3 is 20.0 Å². The summed E-state index contributed by atoms with van der Waals surface area (Å²) < 4.78 is 0. The number of likely N-dealkylation sites (N-methyl/N-ethyl adjacent to an activating group) is 1. The summed E-state index contributed by atoms with van der Waals surface area (Å²) in [6, 6.07) is 3.48. The molecule has 0 saturated carbocycles. The van der Waals surface area contributed by atoms with Crippen LogP contribution in [-0.4, -0.2) is 70.7 Å². The quantitative estimate of drug-likeness (QED) is 0.775. The minimum atomic E-state index is -0.901. The minimum Gasteiger partial charge on any atom is -0.388 e. The van der Waals surface area contributed by atoms with Gasteiger partial charge in [-0.2, -0.15) is 0 Å². The van der Waals surface area contributed by atoms with E-state index in [0.29, 0.717) is 4.88 Å². The number of amides is 2. The van der Waals surface area contributed by atoms with Gasteiger partial charge in [0.05, 0.1) is 23.6 Å². The van der Waals surface area contributed by atoms with Gasteiger partial charge in [-0.3, -0.25) is 9.59 Å². The Balaban J connectivity index is 1.91. The number of hydrogen-bond acceptors (Lipinski definition) is 5. The summed E-state index contributed by atoms with van der Waals surface area (Å²) in [5, 5.41) is 20.6. The van der Waals surface area contributed by atoms with Crippen molar-refractivity contribution in [3.8, 4) is 0 Å². The first kappa shape index (κ1) is 14.0. The van der Waals surface area contributed by atoms with Gasteiger partial charge in [-0.05, 0) is 11.4 Å². The van der Waals surface area contributed by atoms with Gasteiger partial charge in [0.15, 0.2) is 0 Å². The molecule has 0 aromatic carbocycles. The fraction of sp³-hybridized carbons (Fsp3) is 0.500. The van der Waals surface area contributed by atoms with E-state index in [9.17, 15) is 19.8 Å². The highest BCUT2D eigenvalue weighted by molar-refractivity contribution is 7.12. The van der Waals surface area contributed by atoms with Crippen molar-refractivity contribution in [1.29, 1.82) is 0 Å². The highest BCUT2D eigenvalue weighted by Gasteiger charge is 2.33. The Morgan fingerprint density at radius 3 is 2.58 bits per heavy atom. The number of β-amino-alcohol motifs (C(OH)–C–C–N with tert-alkyl or cyclic N) is 2. The third-order valence-corrected chi connectivity index (χ3v) is 3.92. The molecular weight excluding hydrogens is 268 g/mol. The van der Waals surface area contributed by atoms with Crippen LogP contribution in [0.25, 0.3) is 0 Å². The summed E-state index contributed by atoms with van der Waals surface area (Å²) in [7, 11) is 1.56. The predicted octanol–water partition coefficient (Wildman–Crippen LogP) is -0.616. The van der Waals surface area contributed by atoms with Crippen molar-refractivity contribution < 1.29 is 19.8 Å². The lowest BCUT2D eigenvalue weighted by molar-refractivity contribution is -0.131. The number of rotatable bonds is 3. The molecule has 0 radical (unpaired) electrons. The number of carbonyl (C=O) groups excluding carboxylic acids is 2. The molecule has 2 heterocycles. The third-order valence-electron chi connectivity index (χ3n) is 3.06. The van der Waals surface area contributed by atoms with E-state index in [1.54, 1.807) is 24.6 Å². The molecule has 7 heteroatoms. The van der Waals surface area contributed by atoms with E-state index < -0.39 is 12.2 Å². The molecule has 1 saturated heterocycles. The Hall–Kier alpha value is -1.44. The lowest BCUT2D eigenvalue weighted by Gasteiger charge is -2.20. The second-order valence-corrected chi connectivity index (χ2v) is 5.52. The van der Waals surface area contributed by atoms with Crippen LogP contribution in [0, 0.1) is 0 Å². The summed E-state index contributed by atoms with van der Waals surface area (Å²) in [4.78, 5) is 27.2. The fourth-order valence-corrected chi connectivity index (χ4v) is 2.65. The lowest BCUT2D eigenvalue weighted by Crippen LogP contribution is -2.40. The average Bonchev–Trinajstić information content (AvgIpc) is 2.99. The fourth-order valence-electron chi connectivity index (χ4n) is 1.94. The molecule has 0 spiro atoms. The van der Waals surface area contributed by atoms with Crippen molar-refractivity contribution in [2.45, 2.75) is 12.2 Å². The number of nitrogens with zero attached hydrogens (tertiary/aromatic N) is 2. The van der Waals surface area contributed by atoms with Gasteiger partial charge in [-0.25, -0.2) is 0 Å². The molecular formula is C12H16N2O4S. The molecule has 104 valence electrons. The number of aliphatic hydroxyl groups excluding tert-OH is 2. The van der Waals surface area contributed by atoms with Crippen LogP contribution in [0.2, 0.25) is 0 Å². The normalized spacial score (nSPS) is 22.6. The first-order valence-corrected chi connectivity index (χ1v) is 6.80. The average molecular weight is 284 g/mol. The van der Waals surface area contributed by atoms with Gasteiger partial charge in [-0.15, -0.1) is 11.3 Å². The highest BCUT2D eigenvalue weighted by atomic mass is 32.1. The third kappa shape index (κ3) is 3.12. The molecule has 0 aliphatic carbocycles. The molecule has 0 unspecified atom stereocenters. The Bertz CT molecular complexity index is 452. The monoisotopic (exact) mass is 284 g/mol. The number of likely N-dealkylation sites (tertiary alicyclic amines) is 1. The smallest absolute Gasteiger partial charge is 0.264 e. The molecule has 1 aromatic heterocycles. The van der Waals surface area contributed by atoms with Gasteiger partial charge in [0.1, 0.15) is 0 Å². The summed E-state index contributed by atoms with van der Waals surface area (Å²) in [6.07, 6.45) is -1.80. The SMILES string of the molecule is CN(CC(=O)N1C[C@@H](O)[C@@H](O)C1)C(=O)c1cccs1. The molecule has 0 bridgehead atoms. The summed E-state index contributed by atoms with van der Waals surface area (Å²) in [6.45, 7) is 0.165. The van der Waals surface area contributed by atoms with Crippen LogP contribution in [0.1, 0.15) is 9.67 Å².